The van der Waals surface area contributed by atoms with Gasteiger partial charge in [0.05, 0.1) is 18.0 Å². The van der Waals surface area contributed by atoms with Gasteiger partial charge in [-0.3, -0.25) is 0 Å². The molecule has 0 aliphatic carbocycles. The normalized spacial score (nSPS) is 14.6. The molecule has 1 atom stereocenters. The molecule has 0 fully saturated rings. The van der Waals surface area contributed by atoms with Gasteiger partial charge < -0.3 is 9.84 Å². The molecule has 0 aliphatic heterocycles. The molecule has 0 rings (SSSR count). The Morgan fingerprint density at radius 3 is 2.43 bits per heavy atom. The van der Waals surface area contributed by atoms with Gasteiger partial charge >= 0.3 is 0 Å². The Morgan fingerprint density at radius 2 is 2.00 bits per heavy atom. The van der Waals surface area contributed by atoms with Gasteiger partial charge in [0, 0.05) is 13.7 Å². The van der Waals surface area contributed by atoms with E-state index in [1.54, 1.807) is 13.8 Å². The van der Waals surface area contributed by atoms with Crippen molar-refractivity contribution in [2.75, 3.05) is 20.3 Å². The maximum atomic E-state index is 11.2. The fourth-order valence-corrected chi connectivity index (χ4v) is 1.55. The molecule has 0 aromatic heterocycles. The lowest BCUT2D eigenvalue weighted by Crippen LogP contribution is -2.33. The molecule has 0 heterocycles. The highest BCUT2D eigenvalue weighted by atomic mass is 32.2. The van der Waals surface area contributed by atoms with E-state index in [-0.39, 0.29) is 13.2 Å². The van der Waals surface area contributed by atoms with Crippen LogP contribution in [0.3, 0.4) is 0 Å². The first-order valence-corrected chi connectivity index (χ1v) is 6.10. The minimum Gasteiger partial charge on any atom is -0.391 e. The molecule has 0 saturated heterocycles. The van der Waals surface area contributed by atoms with Crippen LogP contribution in [0.4, 0.5) is 0 Å². The smallest absolute Gasteiger partial charge is 0.213 e. The third kappa shape index (κ3) is 5.54. The molecular formula is C8H19NO4S. The van der Waals surface area contributed by atoms with E-state index in [0.29, 0.717) is 6.42 Å². The SMILES string of the molecule is COCC(O)CCNS(=O)(=O)C(C)C. The van der Waals surface area contributed by atoms with Crippen LogP contribution < -0.4 is 4.72 Å². The average Bonchev–Trinajstić information content (AvgIpc) is 2.04. The first-order chi connectivity index (χ1) is 6.40. The van der Waals surface area contributed by atoms with Crippen LogP contribution >= 0.6 is 0 Å². The lowest BCUT2D eigenvalue weighted by atomic mass is 10.3. The van der Waals surface area contributed by atoms with Crippen molar-refractivity contribution in [2.45, 2.75) is 31.6 Å². The average molecular weight is 225 g/mol. The Bertz CT molecular complexity index is 238. The molecule has 14 heavy (non-hydrogen) atoms. The second-order valence-corrected chi connectivity index (χ2v) is 5.71. The van der Waals surface area contributed by atoms with Crippen LogP contribution in [0.2, 0.25) is 0 Å². The number of methoxy groups -OCH3 is 1. The summed E-state index contributed by atoms with van der Waals surface area (Å²) >= 11 is 0. The first-order valence-electron chi connectivity index (χ1n) is 4.55. The Kier molecular flexibility index (Phi) is 6.26. The predicted octanol–water partition coefficient (Wildman–Crippen LogP) is -0.288. The van der Waals surface area contributed by atoms with Crippen molar-refractivity contribution in [1.82, 2.24) is 4.72 Å². The molecular weight excluding hydrogens is 206 g/mol. The standard InChI is InChI=1S/C8H19NO4S/c1-7(2)14(11,12)9-5-4-8(10)6-13-3/h7-10H,4-6H2,1-3H3. The molecule has 0 aromatic carbocycles. The van der Waals surface area contributed by atoms with Gasteiger partial charge in [-0.1, -0.05) is 0 Å². The van der Waals surface area contributed by atoms with Crippen molar-refractivity contribution in [1.29, 1.82) is 0 Å². The molecule has 2 N–H and O–H groups in total. The molecule has 0 saturated carbocycles. The van der Waals surface area contributed by atoms with Crippen LogP contribution in [0, 0.1) is 0 Å². The molecule has 0 aromatic rings. The van der Waals surface area contributed by atoms with E-state index in [9.17, 15) is 13.5 Å². The number of sulfonamides is 1. The van der Waals surface area contributed by atoms with Crippen LogP contribution in [-0.2, 0) is 14.8 Å². The number of nitrogens with one attached hydrogen (secondary N) is 1. The van der Waals surface area contributed by atoms with Crippen molar-refractivity contribution >= 4 is 10.0 Å². The zero-order valence-corrected chi connectivity index (χ0v) is 9.67. The van der Waals surface area contributed by atoms with Crippen molar-refractivity contribution in [3.8, 4) is 0 Å². The van der Waals surface area contributed by atoms with Gasteiger partial charge in [0.25, 0.3) is 0 Å². The summed E-state index contributed by atoms with van der Waals surface area (Å²) in [6.45, 7) is 3.68. The Hall–Kier alpha value is -0.170. The summed E-state index contributed by atoms with van der Waals surface area (Å²) in [7, 11) is -1.72. The minimum atomic E-state index is -3.21. The molecule has 1 unspecified atom stereocenters. The van der Waals surface area contributed by atoms with E-state index in [1.807, 2.05) is 0 Å². The number of ether oxygens (including phenoxy) is 1. The predicted molar refractivity (Wildman–Crippen MR) is 54.6 cm³/mol. The zero-order chi connectivity index (χ0) is 11.2. The van der Waals surface area contributed by atoms with Gasteiger partial charge in [-0.2, -0.15) is 0 Å². The molecule has 0 bridgehead atoms. The second-order valence-electron chi connectivity index (χ2n) is 3.39. The highest BCUT2D eigenvalue weighted by Gasteiger charge is 2.15. The summed E-state index contributed by atoms with van der Waals surface area (Å²) in [4.78, 5) is 0. The fraction of sp³-hybridized carbons (Fsp3) is 1.00. The van der Waals surface area contributed by atoms with Crippen LogP contribution in [0.1, 0.15) is 20.3 Å². The van der Waals surface area contributed by atoms with Crippen LogP contribution in [-0.4, -0.2) is 45.1 Å². The largest absolute Gasteiger partial charge is 0.391 e. The van der Waals surface area contributed by atoms with Crippen molar-refractivity contribution in [3.05, 3.63) is 0 Å². The maximum Gasteiger partial charge on any atom is 0.213 e. The molecule has 0 spiro atoms. The summed E-state index contributed by atoms with van der Waals surface area (Å²) in [6.07, 6.45) is -0.255. The number of rotatable bonds is 7. The van der Waals surface area contributed by atoms with E-state index in [1.165, 1.54) is 7.11 Å². The van der Waals surface area contributed by atoms with Gasteiger partial charge in [0.15, 0.2) is 0 Å². The van der Waals surface area contributed by atoms with Crippen LogP contribution in [0.25, 0.3) is 0 Å². The highest BCUT2D eigenvalue weighted by molar-refractivity contribution is 7.90. The van der Waals surface area contributed by atoms with Crippen molar-refractivity contribution in [2.24, 2.45) is 0 Å². The summed E-state index contributed by atoms with van der Waals surface area (Å²) in [5.74, 6) is 0. The summed E-state index contributed by atoms with van der Waals surface area (Å²) < 4.78 is 29.6. The van der Waals surface area contributed by atoms with E-state index in [0.717, 1.165) is 0 Å². The first kappa shape index (κ1) is 13.8. The number of aliphatic hydroxyl groups is 1. The van der Waals surface area contributed by atoms with Gasteiger partial charge in [0.1, 0.15) is 0 Å². The van der Waals surface area contributed by atoms with Gasteiger partial charge in [-0.05, 0) is 20.3 Å². The molecule has 86 valence electrons. The summed E-state index contributed by atoms with van der Waals surface area (Å²) in [5.41, 5.74) is 0. The summed E-state index contributed by atoms with van der Waals surface area (Å²) in [5, 5.41) is 8.78. The van der Waals surface area contributed by atoms with E-state index >= 15 is 0 Å². The lowest BCUT2D eigenvalue weighted by molar-refractivity contribution is 0.0603. The number of hydrogen-bond acceptors (Lipinski definition) is 4. The van der Waals surface area contributed by atoms with Crippen molar-refractivity contribution in [3.63, 3.8) is 0 Å². The Morgan fingerprint density at radius 1 is 1.43 bits per heavy atom. The quantitative estimate of drug-likeness (QED) is 0.624. The molecule has 0 radical (unpaired) electrons. The third-order valence-electron chi connectivity index (χ3n) is 1.76. The van der Waals surface area contributed by atoms with Gasteiger partial charge in [-0.15, -0.1) is 0 Å². The Labute approximate surface area is 85.5 Å². The van der Waals surface area contributed by atoms with E-state index in [4.69, 9.17) is 4.74 Å². The van der Waals surface area contributed by atoms with Gasteiger partial charge in [0.2, 0.25) is 10.0 Å². The third-order valence-corrected chi connectivity index (χ3v) is 3.61. The molecule has 0 aliphatic rings. The minimum absolute atomic E-state index is 0.226. The maximum absolute atomic E-state index is 11.2. The Balaban J connectivity index is 3.74. The summed E-state index contributed by atoms with van der Waals surface area (Å²) in [6, 6.07) is 0. The monoisotopic (exact) mass is 225 g/mol. The molecule has 0 amide bonds. The topological polar surface area (TPSA) is 75.6 Å². The van der Waals surface area contributed by atoms with Crippen molar-refractivity contribution < 1.29 is 18.3 Å². The second kappa shape index (κ2) is 6.34. The zero-order valence-electron chi connectivity index (χ0n) is 8.86. The molecule has 6 heteroatoms. The number of hydrogen-bond donors (Lipinski definition) is 2. The lowest BCUT2D eigenvalue weighted by Gasteiger charge is -2.12. The van der Waals surface area contributed by atoms with Crippen LogP contribution in [0.5, 0.6) is 0 Å². The van der Waals surface area contributed by atoms with Crippen LogP contribution in [0.15, 0.2) is 0 Å². The fourth-order valence-electron chi connectivity index (χ4n) is 0.810. The van der Waals surface area contributed by atoms with E-state index in [2.05, 4.69) is 4.72 Å². The highest BCUT2D eigenvalue weighted by Crippen LogP contribution is 1.97. The molecule has 5 nitrogen and oxygen atoms in total. The van der Waals surface area contributed by atoms with E-state index < -0.39 is 21.4 Å². The van der Waals surface area contributed by atoms with Gasteiger partial charge in [-0.25, -0.2) is 13.1 Å². The number of aliphatic hydroxyl groups excluding tert-OH is 1.